The van der Waals surface area contributed by atoms with Crippen LogP contribution in [-0.4, -0.2) is 58.7 Å². The summed E-state index contributed by atoms with van der Waals surface area (Å²) in [5.74, 6) is 0.493. The molecule has 1 N–H and O–H groups in total. The maximum atomic E-state index is 12.9. The molecule has 8 heteroatoms. The molecule has 182 valence electrons. The van der Waals surface area contributed by atoms with Crippen LogP contribution in [0.3, 0.4) is 0 Å². The predicted molar refractivity (Wildman–Crippen MR) is 129 cm³/mol. The first kappa shape index (κ1) is 24.0. The molecule has 4 heterocycles. The maximum Gasteiger partial charge on any atom is 0.410 e. The zero-order chi connectivity index (χ0) is 24.5. The van der Waals surface area contributed by atoms with Gasteiger partial charge in [0.15, 0.2) is 0 Å². The van der Waals surface area contributed by atoms with E-state index in [4.69, 9.17) is 14.5 Å². The number of carbonyl (C=O) groups excluding carboxylic acids is 2. The second-order valence-corrected chi connectivity index (χ2v) is 10.0. The third-order valence-electron chi connectivity index (χ3n) is 6.73. The first-order valence-electron chi connectivity index (χ1n) is 12.0. The van der Waals surface area contributed by atoms with Gasteiger partial charge in [0.2, 0.25) is 5.88 Å². The van der Waals surface area contributed by atoms with E-state index in [1.807, 2.05) is 52.0 Å². The van der Waals surface area contributed by atoms with E-state index in [0.717, 1.165) is 24.0 Å². The van der Waals surface area contributed by atoms with Gasteiger partial charge in [0, 0.05) is 31.2 Å². The number of ether oxygens (including phenoxy) is 2. The highest BCUT2D eigenvalue weighted by molar-refractivity contribution is 5.96. The van der Waals surface area contributed by atoms with Crippen LogP contribution in [0.5, 0.6) is 5.88 Å². The van der Waals surface area contributed by atoms with E-state index in [0.29, 0.717) is 43.5 Å². The van der Waals surface area contributed by atoms with E-state index in [9.17, 15) is 9.59 Å². The van der Waals surface area contributed by atoms with E-state index in [-0.39, 0.29) is 23.3 Å². The van der Waals surface area contributed by atoms with Crippen LogP contribution in [0.2, 0.25) is 0 Å². The predicted octanol–water partition coefficient (Wildman–Crippen LogP) is 4.19. The second kappa shape index (κ2) is 9.24. The lowest BCUT2D eigenvalue weighted by molar-refractivity contribution is 0.00420. The SMILES string of the molecule is CCOc1ncccc1-c1ccc2c(n1)C(=O)NC[C@]21CCN(C(=O)OC(C)(C)C)C[C@H]1CC. The molecule has 2 aliphatic heterocycles. The molecule has 0 saturated carbocycles. The van der Waals surface area contributed by atoms with Crippen molar-refractivity contribution in [2.75, 3.05) is 26.2 Å². The normalized spacial score (nSPS) is 22.2. The lowest BCUT2D eigenvalue weighted by atomic mass is 9.63. The zero-order valence-corrected chi connectivity index (χ0v) is 20.7. The molecule has 2 aromatic rings. The van der Waals surface area contributed by atoms with Crippen molar-refractivity contribution >= 4 is 12.0 Å². The number of rotatable bonds is 4. The topological polar surface area (TPSA) is 93.6 Å². The van der Waals surface area contributed by atoms with Gasteiger partial charge in [-0.2, -0.15) is 0 Å². The average molecular weight is 467 g/mol. The number of hydrogen-bond acceptors (Lipinski definition) is 6. The van der Waals surface area contributed by atoms with Crippen molar-refractivity contribution < 1.29 is 19.1 Å². The van der Waals surface area contributed by atoms with Gasteiger partial charge >= 0.3 is 6.09 Å². The Morgan fingerprint density at radius 2 is 2.06 bits per heavy atom. The van der Waals surface area contributed by atoms with E-state index in [1.165, 1.54) is 0 Å². The van der Waals surface area contributed by atoms with Gasteiger partial charge in [0.1, 0.15) is 11.3 Å². The Bertz CT molecular complexity index is 1080. The molecule has 0 bridgehead atoms. The lowest BCUT2D eigenvalue weighted by Gasteiger charge is -2.50. The van der Waals surface area contributed by atoms with Crippen molar-refractivity contribution in [2.24, 2.45) is 5.92 Å². The summed E-state index contributed by atoms with van der Waals surface area (Å²) in [5, 5.41) is 3.08. The van der Waals surface area contributed by atoms with Crippen LogP contribution in [0.15, 0.2) is 30.5 Å². The van der Waals surface area contributed by atoms with Crippen LogP contribution in [0.1, 0.15) is 63.5 Å². The molecule has 8 nitrogen and oxygen atoms in total. The van der Waals surface area contributed by atoms with E-state index in [1.54, 1.807) is 11.1 Å². The molecule has 2 aromatic heterocycles. The number of aromatic nitrogens is 2. The summed E-state index contributed by atoms with van der Waals surface area (Å²) in [6, 6.07) is 7.72. The zero-order valence-electron chi connectivity index (χ0n) is 20.7. The van der Waals surface area contributed by atoms with Gasteiger partial charge in [0.05, 0.1) is 17.9 Å². The molecular weight excluding hydrogens is 432 g/mol. The van der Waals surface area contributed by atoms with Crippen LogP contribution in [-0.2, 0) is 10.2 Å². The molecule has 2 atom stereocenters. The highest BCUT2D eigenvalue weighted by Crippen LogP contribution is 2.45. The number of amides is 2. The lowest BCUT2D eigenvalue weighted by Crippen LogP contribution is -2.59. The van der Waals surface area contributed by atoms with Gasteiger partial charge in [-0.15, -0.1) is 0 Å². The first-order valence-corrected chi connectivity index (χ1v) is 12.0. The highest BCUT2D eigenvalue weighted by Gasteiger charge is 2.49. The Hall–Kier alpha value is -3.16. The van der Waals surface area contributed by atoms with Crippen LogP contribution < -0.4 is 10.1 Å². The first-order chi connectivity index (χ1) is 16.2. The fraction of sp³-hybridized carbons (Fsp3) is 0.538. The number of piperidine rings is 1. The van der Waals surface area contributed by atoms with Gasteiger partial charge in [-0.3, -0.25) is 4.79 Å². The minimum absolute atomic E-state index is 0.165. The van der Waals surface area contributed by atoms with Crippen LogP contribution in [0, 0.1) is 5.92 Å². The monoisotopic (exact) mass is 466 g/mol. The molecule has 0 aliphatic carbocycles. The molecule has 34 heavy (non-hydrogen) atoms. The van der Waals surface area contributed by atoms with Gasteiger partial charge in [-0.25, -0.2) is 14.8 Å². The summed E-state index contributed by atoms with van der Waals surface area (Å²) in [6.07, 6.45) is 3.00. The second-order valence-electron chi connectivity index (χ2n) is 10.0. The standard InChI is InChI=1S/C26H34N4O4/c1-6-17-15-30(24(32)34-25(3,4)5)14-12-26(17)16-28-22(31)21-19(26)10-11-20(29-21)18-9-8-13-27-23(18)33-7-2/h8-11,13,17H,6-7,12,14-16H2,1-5H3,(H,28,31)/t17-,26+/m1/s1. The van der Waals surface area contributed by atoms with Crippen molar-refractivity contribution in [3.05, 3.63) is 41.7 Å². The summed E-state index contributed by atoms with van der Waals surface area (Å²) < 4.78 is 11.3. The van der Waals surface area contributed by atoms with Crippen LogP contribution in [0.4, 0.5) is 4.79 Å². The number of likely N-dealkylation sites (tertiary alicyclic amines) is 1. The number of pyridine rings is 2. The van der Waals surface area contributed by atoms with Crippen LogP contribution in [0.25, 0.3) is 11.3 Å². The number of hydrogen-bond donors (Lipinski definition) is 1. The Labute approximate surface area is 201 Å². The Kier molecular flexibility index (Phi) is 6.51. The van der Waals surface area contributed by atoms with Gasteiger partial charge in [-0.05, 0) is 63.8 Å². The quantitative estimate of drug-likeness (QED) is 0.726. The number of carbonyl (C=O) groups is 2. The molecule has 1 saturated heterocycles. The molecule has 0 unspecified atom stereocenters. The summed E-state index contributed by atoms with van der Waals surface area (Å²) in [4.78, 5) is 36.6. The molecule has 0 aromatic carbocycles. The van der Waals surface area contributed by atoms with E-state index in [2.05, 4.69) is 17.2 Å². The Morgan fingerprint density at radius 1 is 1.26 bits per heavy atom. The molecule has 1 spiro atoms. The summed E-state index contributed by atoms with van der Waals surface area (Å²) in [7, 11) is 0. The van der Waals surface area contributed by atoms with E-state index >= 15 is 0 Å². The molecule has 2 aliphatic rings. The minimum atomic E-state index is -0.535. The van der Waals surface area contributed by atoms with Crippen molar-refractivity contribution in [3.8, 4) is 17.1 Å². The average Bonchev–Trinajstić information content (AvgIpc) is 2.81. The third kappa shape index (κ3) is 4.45. The molecule has 2 amide bonds. The van der Waals surface area contributed by atoms with Crippen molar-refractivity contribution in [3.63, 3.8) is 0 Å². The van der Waals surface area contributed by atoms with Crippen molar-refractivity contribution in [1.29, 1.82) is 0 Å². The largest absolute Gasteiger partial charge is 0.477 e. The smallest absolute Gasteiger partial charge is 0.410 e. The maximum absolute atomic E-state index is 12.9. The highest BCUT2D eigenvalue weighted by atomic mass is 16.6. The summed E-state index contributed by atoms with van der Waals surface area (Å²) in [6.45, 7) is 11.9. The fourth-order valence-corrected chi connectivity index (χ4v) is 5.11. The van der Waals surface area contributed by atoms with Crippen LogP contribution >= 0.6 is 0 Å². The number of fused-ring (bicyclic) bond motifs is 2. The Balaban J connectivity index is 1.68. The molecular formula is C26H34N4O4. The van der Waals surface area contributed by atoms with E-state index < -0.39 is 5.60 Å². The van der Waals surface area contributed by atoms with Gasteiger partial charge in [0.25, 0.3) is 5.91 Å². The third-order valence-corrected chi connectivity index (χ3v) is 6.73. The molecule has 1 fully saturated rings. The van der Waals surface area contributed by atoms with Crippen molar-refractivity contribution in [1.82, 2.24) is 20.2 Å². The number of nitrogens with one attached hydrogen (secondary N) is 1. The fourth-order valence-electron chi connectivity index (χ4n) is 5.11. The van der Waals surface area contributed by atoms with Gasteiger partial charge in [-0.1, -0.05) is 19.4 Å². The number of nitrogens with zero attached hydrogens (tertiary/aromatic N) is 3. The minimum Gasteiger partial charge on any atom is -0.477 e. The molecule has 0 radical (unpaired) electrons. The summed E-state index contributed by atoms with van der Waals surface area (Å²) in [5.41, 5.74) is 2.00. The molecule has 4 rings (SSSR count). The summed E-state index contributed by atoms with van der Waals surface area (Å²) >= 11 is 0. The van der Waals surface area contributed by atoms with Crippen molar-refractivity contribution in [2.45, 2.75) is 58.5 Å². The Morgan fingerprint density at radius 3 is 2.76 bits per heavy atom. The van der Waals surface area contributed by atoms with Gasteiger partial charge < -0.3 is 19.7 Å².